The summed E-state index contributed by atoms with van der Waals surface area (Å²) in [6, 6.07) is 9.92. The second-order valence-electron chi connectivity index (χ2n) is 5.53. The molecule has 110 valence electrons. The Morgan fingerprint density at radius 1 is 1.40 bits per heavy atom. The van der Waals surface area contributed by atoms with Gasteiger partial charge < -0.3 is 9.84 Å². The molecule has 1 aliphatic heterocycles. The van der Waals surface area contributed by atoms with E-state index >= 15 is 0 Å². The van der Waals surface area contributed by atoms with Gasteiger partial charge in [0.15, 0.2) is 0 Å². The monoisotopic (exact) mass is 277 g/mol. The lowest BCUT2D eigenvalue weighted by Crippen LogP contribution is -2.44. The average molecular weight is 277 g/mol. The highest BCUT2D eigenvalue weighted by Gasteiger charge is 2.24. The second kappa shape index (κ2) is 7.53. The lowest BCUT2D eigenvalue weighted by atomic mass is 9.98. The van der Waals surface area contributed by atoms with E-state index in [2.05, 4.69) is 4.90 Å². The fraction of sp³-hybridized carbons (Fsp3) is 0.562. The third kappa shape index (κ3) is 4.71. The summed E-state index contributed by atoms with van der Waals surface area (Å²) in [5.41, 5.74) is 1.11. The van der Waals surface area contributed by atoms with Crippen molar-refractivity contribution in [1.29, 1.82) is 0 Å². The molecule has 0 spiro atoms. The van der Waals surface area contributed by atoms with Crippen molar-refractivity contribution >= 4 is 5.78 Å². The van der Waals surface area contributed by atoms with Gasteiger partial charge in [-0.3, -0.25) is 9.69 Å². The largest absolute Gasteiger partial charge is 0.389 e. The summed E-state index contributed by atoms with van der Waals surface area (Å²) in [6.07, 6.45) is 0.0952. The number of β-amino-alcohol motifs (C(OH)–C–C–N with tert-alkyl or cyclic N) is 1. The summed E-state index contributed by atoms with van der Waals surface area (Å²) in [4.78, 5) is 13.6. The molecule has 2 atom stereocenters. The maximum Gasteiger partial charge on any atom is 0.138 e. The average Bonchev–Trinajstić information content (AvgIpc) is 2.44. The third-order valence-corrected chi connectivity index (χ3v) is 3.65. The summed E-state index contributed by atoms with van der Waals surface area (Å²) in [7, 11) is 0. The first-order valence-electron chi connectivity index (χ1n) is 7.20. The van der Waals surface area contributed by atoms with Crippen molar-refractivity contribution < 1.29 is 14.6 Å². The van der Waals surface area contributed by atoms with Crippen LogP contribution in [0.25, 0.3) is 0 Å². The van der Waals surface area contributed by atoms with Gasteiger partial charge in [0.2, 0.25) is 0 Å². The molecule has 20 heavy (non-hydrogen) atoms. The number of hydrogen-bond acceptors (Lipinski definition) is 4. The van der Waals surface area contributed by atoms with Gasteiger partial charge in [0.05, 0.1) is 19.3 Å². The zero-order valence-electron chi connectivity index (χ0n) is 12.0. The standard InChI is InChI=1S/C16H23NO3/c1-13-9-17(8-7-16(13)19)10-15(18)12-20-11-14-5-3-2-4-6-14/h2-6,13,15,18H,7-12H2,1H3. The number of carbonyl (C=O) groups excluding carboxylic acids is 1. The summed E-state index contributed by atoms with van der Waals surface area (Å²) in [6.45, 7) is 4.87. The van der Waals surface area contributed by atoms with E-state index in [9.17, 15) is 9.90 Å². The van der Waals surface area contributed by atoms with Crippen molar-refractivity contribution in [3.05, 3.63) is 35.9 Å². The molecule has 0 radical (unpaired) electrons. The first-order chi connectivity index (χ1) is 9.65. The van der Waals surface area contributed by atoms with Crippen molar-refractivity contribution in [2.24, 2.45) is 5.92 Å². The molecule has 1 saturated heterocycles. The van der Waals surface area contributed by atoms with Gasteiger partial charge in [0.25, 0.3) is 0 Å². The molecular weight excluding hydrogens is 254 g/mol. The molecule has 2 unspecified atom stereocenters. The molecule has 0 saturated carbocycles. The zero-order chi connectivity index (χ0) is 14.4. The maximum absolute atomic E-state index is 11.4. The fourth-order valence-electron chi connectivity index (χ4n) is 2.50. The Bertz CT molecular complexity index is 421. The fourth-order valence-corrected chi connectivity index (χ4v) is 2.50. The predicted molar refractivity (Wildman–Crippen MR) is 77.3 cm³/mol. The van der Waals surface area contributed by atoms with Gasteiger partial charge in [-0.1, -0.05) is 37.3 Å². The van der Waals surface area contributed by atoms with Crippen LogP contribution in [0.15, 0.2) is 30.3 Å². The number of piperidine rings is 1. The second-order valence-corrected chi connectivity index (χ2v) is 5.53. The normalized spacial score (nSPS) is 21.9. The summed E-state index contributed by atoms with van der Waals surface area (Å²) in [5.74, 6) is 0.414. The Labute approximate surface area is 120 Å². The molecule has 4 heteroatoms. The van der Waals surface area contributed by atoms with E-state index in [1.807, 2.05) is 37.3 Å². The number of aliphatic hydroxyl groups is 1. The number of benzene rings is 1. The summed E-state index contributed by atoms with van der Waals surface area (Å²) in [5, 5.41) is 9.98. The molecular formula is C16H23NO3. The number of rotatable bonds is 6. The minimum atomic E-state index is -0.501. The molecule has 0 aliphatic carbocycles. The quantitative estimate of drug-likeness (QED) is 0.855. The molecule has 4 nitrogen and oxygen atoms in total. The Morgan fingerprint density at radius 3 is 2.85 bits per heavy atom. The number of hydrogen-bond donors (Lipinski definition) is 1. The lowest BCUT2D eigenvalue weighted by Gasteiger charge is -2.31. The molecule has 0 aromatic heterocycles. The molecule has 2 rings (SSSR count). The highest BCUT2D eigenvalue weighted by Crippen LogP contribution is 2.12. The molecule has 1 N–H and O–H groups in total. The van der Waals surface area contributed by atoms with Gasteiger partial charge in [-0.2, -0.15) is 0 Å². The van der Waals surface area contributed by atoms with E-state index in [0.717, 1.165) is 18.7 Å². The zero-order valence-corrected chi connectivity index (χ0v) is 12.0. The van der Waals surface area contributed by atoms with E-state index in [1.165, 1.54) is 0 Å². The van der Waals surface area contributed by atoms with Crippen LogP contribution in [0.1, 0.15) is 18.9 Å². The number of carbonyl (C=O) groups is 1. The van der Waals surface area contributed by atoms with Gasteiger partial charge in [0, 0.05) is 32.0 Å². The lowest BCUT2D eigenvalue weighted by molar-refractivity contribution is -0.126. The number of aliphatic hydroxyl groups excluding tert-OH is 1. The van der Waals surface area contributed by atoms with E-state index in [1.54, 1.807) is 0 Å². The number of Topliss-reactive ketones (excluding diaryl/α,β-unsaturated/α-hetero) is 1. The van der Waals surface area contributed by atoms with Crippen molar-refractivity contribution in [2.75, 3.05) is 26.2 Å². The molecule has 1 aliphatic rings. The van der Waals surface area contributed by atoms with Crippen LogP contribution in [0, 0.1) is 5.92 Å². The van der Waals surface area contributed by atoms with Gasteiger partial charge in [-0.05, 0) is 5.56 Å². The van der Waals surface area contributed by atoms with Crippen LogP contribution in [0.2, 0.25) is 0 Å². The Hall–Kier alpha value is -1.23. The molecule has 1 aromatic carbocycles. The minimum absolute atomic E-state index is 0.0844. The number of ether oxygens (including phenoxy) is 1. The van der Waals surface area contributed by atoms with Crippen LogP contribution in [-0.2, 0) is 16.1 Å². The summed E-state index contributed by atoms with van der Waals surface area (Å²) >= 11 is 0. The highest BCUT2D eigenvalue weighted by atomic mass is 16.5. The van der Waals surface area contributed by atoms with Crippen LogP contribution in [-0.4, -0.2) is 48.1 Å². The van der Waals surface area contributed by atoms with E-state index in [0.29, 0.717) is 32.0 Å². The van der Waals surface area contributed by atoms with Crippen molar-refractivity contribution in [2.45, 2.75) is 26.1 Å². The molecule has 0 bridgehead atoms. The van der Waals surface area contributed by atoms with Gasteiger partial charge in [-0.15, -0.1) is 0 Å². The summed E-state index contributed by atoms with van der Waals surface area (Å²) < 4.78 is 5.53. The smallest absolute Gasteiger partial charge is 0.138 e. The molecule has 1 fully saturated rings. The molecule has 0 amide bonds. The predicted octanol–water partition coefficient (Wildman–Crippen LogP) is 1.47. The Kier molecular flexibility index (Phi) is 5.71. The van der Waals surface area contributed by atoms with E-state index < -0.39 is 6.10 Å². The van der Waals surface area contributed by atoms with Crippen molar-refractivity contribution in [1.82, 2.24) is 4.90 Å². The van der Waals surface area contributed by atoms with Crippen LogP contribution in [0.3, 0.4) is 0 Å². The third-order valence-electron chi connectivity index (χ3n) is 3.65. The Morgan fingerprint density at radius 2 is 2.15 bits per heavy atom. The van der Waals surface area contributed by atoms with Crippen molar-refractivity contribution in [3.63, 3.8) is 0 Å². The van der Waals surface area contributed by atoms with Gasteiger partial charge in [0.1, 0.15) is 5.78 Å². The topological polar surface area (TPSA) is 49.8 Å². The number of nitrogens with zero attached hydrogens (tertiary/aromatic N) is 1. The van der Waals surface area contributed by atoms with Gasteiger partial charge in [-0.25, -0.2) is 0 Å². The van der Waals surface area contributed by atoms with E-state index in [-0.39, 0.29) is 5.92 Å². The molecule has 1 aromatic rings. The number of likely N-dealkylation sites (tertiary alicyclic amines) is 1. The van der Waals surface area contributed by atoms with Crippen LogP contribution < -0.4 is 0 Å². The van der Waals surface area contributed by atoms with Crippen LogP contribution in [0.4, 0.5) is 0 Å². The SMILES string of the molecule is CC1CN(CC(O)COCc2ccccc2)CCC1=O. The van der Waals surface area contributed by atoms with Crippen molar-refractivity contribution in [3.8, 4) is 0 Å². The minimum Gasteiger partial charge on any atom is -0.389 e. The first kappa shape index (κ1) is 15.2. The maximum atomic E-state index is 11.4. The van der Waals surface area contributed by atoms with E-state index in [4.69, 9.17) is 4.74 Å². The van der Waals surface area contributed by atoms with Crippen LogP contribution in [0.5, 0.6) is 0 Å². The number of ketones is 1. The molecule has 1 heterocycles. The highest BCUT2D eigenvalue weighted by molar-refractivity contribution is 5.81. The van der Waals surface area contributed by atoms with Gasteiger partial charge >= 0.3 is 0 Å². The van der Waals surface area contributed by atoms with Crippen LogP contribution >= 0.6 is 0 Å². The Balaban J connectivity index is 1.65. The first-order valence-corrected chi connectivity index (χ1v) is 7.20.